The molecular weight excluding hydrogens is 422 g/mol. The number of benzene rings is 2. The van der Waals surface area contributed by atoms with Crippen LogP contribution in [0.5, 0.6) is 0 Å². The van der Waals surface area contributed by atoms with Crippen LogP contribution in [0.1, 0.15) is 35.1 Å². The molecule has 2 spiro atoms. The molecule has 1 fully saturated rings. The van der Waals surface area contributed by atoms with Gasteiger partial charge in [0.25, 0.3) is 11.9 Å². The van der Waals surface area contributed by atoms with Crippen molar-refractivity contribution in [2.75, 3.05) is 19.6 Å². The van der Waals surface area contributed by atoms with Crippen molar-refractivity contribution >= 4 is 18.0 Å². The Hall–Kier alpha value is -3.39. The number of carbonyl (C=O) groups is 2. The van der Waals surface area contributed by atoms with E-state index < -0.39 is 17.6 Å². The number of amides is 2. The first-order chi connectivity index (χ1) is 16.0. The molecule has 1 N–H and O–H groups in total. The molecule has 4 heterocycles. The maximum absolute atomic E-state index is 13.2. The summed E-state index contributed by atoms with van der Waals surface area (Å²) in [5, 5.41) is 9.73. The fraction of sp³-hybridized carbons (Fsp3) is 0.400. The van der Waals surface area contributed by atoms with E-state index in [4.69, 9.17) is 9.47 Å². The van der Waals surface area contributed by atoms with Gasteiger partial charge in [-0.25, -0.2) is 4.79 Å². The van der Waals surface area contributed by atoms with Crippen LogP contribution in [0.15, 0.2) is 53.5 Å². The van der Waals surface area contributed by atoms with E-state index in [0.717, 1.165) is 24.0 Å². The molecule has 8 heteroatoms. The van der Waals surface area contributed by atoms with E-state index in [1.54, 1.807) is 0 Å². The fourth-order valence-electron chi connectivity index (χ4n) is 5.59. The van der Waals surface area contributed by atoms with Gasteiger partial charge in [0.05, 0.1) is 18.8 Å². The van der Waals surface area contributed by atoms with Crippen LogP contribution in [0.25, 0.3) is 0 Å². The number of likely N-dealkylation sites (tertiary alicyclic amines) is 1. The summed E-state index contributed by atoms with van der Waals surface area (Å²) in [6.07, 6.45) is 0.774. The summed E-state index contributed by atoms with van der Waals surface area (Å²) in [6.45, 7) is 2.10. The summed E-state index contributed by atoms with van der Waals surface area (Å²) in [5.74, 6) is -0.414. The van der Waals surface area contributed by atoms with E-state index in [0.29, 0.717) is 32.1 Å². The molecular formula is C25H25N3O5. The molecule has 1 saturated heterocycles. The second kappa shape index (κ2) is 7.31. The number of carboxylic acid groups (broad SMARTS) is 1. The Morgan fingerprint density at radius 2 is 1.67 bits per heavy atom. The number of amidine groups is 1. The molecule has 2 amide bonds. The van der Waals surface area contributed by atoms with E-state index in [-0.39, 0.29) is 18.7 Å². The second-order valence-electron chi connectivity index (χ2n) is 9.31. The van der Waals surface area contributed by atoms with Gasteiger partial charge in [-0.15, -0.1) is 0 Å². The Bertz CT molecular complexity index is 1170. The lowest BCUT2D eigenvalue weighted by Crippen LogP contribution is -2.52. The highest BCUT2D eigenvalue weighted by molar-refractivity contribution is 6.02. The first kappa shape index (κ1) is 20.2. The summed E-state index contributed by atoms with van der Waals surface area (Å²) in [6, 6.07) is 16.2. The number of aliphatic imine (C=N–C) groups is 1. The Kier molecular flexibility index (Phi) is 4.48. The van der Waals surface area contributed by atoms with Crippen molar-refractivity contribution < 1.29 is 24.2 Å². The number of rotatable bonds is 0. The number of hydrogen-bond acceptors (Lipinski definition) is 5. The molecule has 2 aromatic rings. The normalized spacial score (nSPS) is 25.5. The van der Waals surface area contributed by atoms with Gasteiger partial charge in [0, 0.05) is 26.1 Å². The molecule has 1 unspecified atom stereocenters. The predicted molar refractivity (Wildman–Crippen MR) is 119 cm³/mol. The van der Waals surface area contributed by atoms with Crippen LogP contribution in [0.3, 0.4) is 0 Å². The van der Waals surface area contributed by atoms with E-state index in [9.17, 15) is 14.7 Å². The Labute approximate surface area is 191 Å². The smallest absolute Gasteiger partial charge is 0.407 e. The SMILES string of the molecule is O=C(O)N1Cc2ccccc2CC2(C1)OC(N1CCC3(CC1)OCc1ccccc13)=NC2=O. The van der Waals surface area contributed by atoms with Gasteiger partial charge >= 0.3 is 6.09 Å². The second-order valence-corrected chi connectivity index (χ2v) is 9.31. The van der Waals surface area contributed by atoms with Crippen LogP contribution in [0.4, 0.5) is 4.79 Å². The predicted octanol–water partition coefficient (Wildman–Crippen LogP) is 2.90. The van der Waals surface area contributed by atoms with Crippen LogP contribution in [-0.2, 0) is 39.4 Å². The number of piperidine rings is 1. The average Bonchev–Trinajstić information content (AvgIpc) is 3.26. The lowest BCUT2D eigenvalue weighted by Gasteiger charge is -2.40. The zero-order chi connectivity index (χ0) is 22.6. The number of ether oxygens (including phenoxy) is 2. The lowest BCUT2D eigenvalue weighted by molar-refractivity contribution is -0.132. The monoisotopic (exact) mass is 447 g/mol. The molecule has 6 rings (SSSR count). The minimum absolute atomic E-state index is 0.0445. The number of hydrogen-bond donors (Lipinski definition) is 1. The van der Waals surface area contributed by atoms with E-state index in [2.05, 4.69) is 17.1 Å². The minimum Gasteiger partial charge on any atom is -0.465 e. The maximum atomic E-state index is 13.2. The largest absolute Gasteiger partial charge is 0.465 e. The van der Waals surface area contributed by atoms with Gasteiger partial charge in [0.15, 0.2) is 0 Å². The Morgan fingerprint density at radius 1 is 0.970 bits per heavy atom. The van der Waals surface area contributed by atoms with Crippen molar-refractivity contribution in [2.24, 2.45) is 4.99 Å². The highest BCUT2D eigenvalue weighted by Crippen LogP contribution is 2.44. The first-order valence-corrected chi connectivity index (χ1v) is 11.3. The highest BCUT2D eigenvalue weighted by Gasteiger charge is 2.52. The molecule has 170 valence electrons. The molecule has 4 aliphatic rings. The van der Waals surface area contributed by atoms with Gasteiger partial charge in [0.1, 0.15) is 0 Å². The quantitative estimate of drug-likeness (QED) is 0.668. The van der Waals surface area contributed by atoms with Crippen LogP contribution in [0, 0.1) is 0 Å². The van der Waals surface area contributed by atoms with Crippen molar-refractivity contribution in [3.8, 4) is 0 Å². The zero-order valence-corrected chi connectivity index (χ0v) is 18.2. The van der Waals surface area contributed by atoms with Crippen molar-refractivity contribution in [3.05, 3.63) is 70.8 Å². The van der Waals surface area contributed by atoms with E-state index >= 15 is 0 Å². The number of nitrogens with zero attached hydrogens (tertiary/aromatic N) is 3. The van der Waals surface area contributed by atoms with Gasteiger partial charge < -0.3 is 19.5 Å². The van der Waals surface area contributed by atoms with E-state index in [1.807, 2.05) is 41.3 Å². The van der Waals surface area contributed by atoms with Crippen molar-refractivity contribution in [1.82, 2.24) is 9.80 Å². The number of carbonyl (C=O) groups excluding carboxylic acids is 1. The van der Waals surface area contributed by atoms with Crippen LogP contribution in [0.2, 0.25) is 0 Å². The molecule has 8 nitrogen and oxygen atoms in total. The molecule has 0 aliphatic carbocycles. The molecule has 0 bridgehead atoms. The Balaban J connectivity index is 1.23. The summed E-state index contributed by atoms with van der Waals surface area (Å²) in [4.78, 5) is 32.6. The third-order valence-corrected chi connectivity index (χ3v) is 7.40. The molecule has 0 radical (unpaired) electrons. The minimum atomic E-state index is -1.33. The first-order valence-electron chi connectivity index (χ1n) is 11.3. The van der Waals surface area contributed by atoms with Crippen LogP contribution in [-0.4, -0.2) is 58.2 Å². The molecule has 2 aromatic carbocycles. The maximum Gasteiger partial charge on any atom is 0.407 e. The van der Waals surface area contributed by atoms with E-state index in [1.165, 1.54) is 16.0 Å². The highest BCUT2D eigenvalue weighted by atomic mass is 16.5. The molecule has 0 aromatic heterocycles. The standard InChI is InChI=1S/C25H25N3O5/c29-21-25(13-17-5-1-2-6-18(17)14-28(16-25)23(30)31)33-22(26-21)27-11-9-24(10-12-27)20-8-4-3-7-19(20)15-32-24/h1-8H,9-16H2,(H,30,31). The molecule has 33 heavy (non-hydrogen) atoms. The van der Waals surface area contributed by atoms with Crippen LogP contribution < -0.4 is 0 Å². The van der Waals surface area contributed by atoms with Crippen molar-refractivity contribution in [3.63, 3.8) is 0 Å². The van der Waals surface area contributed by atoms with Crippen molar-refractivity contribution in [1.29, 1.82) is 0 Å². The number of fused-ring (bicyclic) bond motifs is 3. The fourth-order valence-corrected chi connectivity index (χ4v) is 5.59. The summed E-state index contributed by atoms with van der Waals surface area (Å²) in [7, 11) is 0. The Morgan fingerprint density at radius 3 is 2.42 bits per heavy atom. The van der Waals surface area contributed by atoms with Gasteiger partial charge in [0.2, 0.25) is 5.60 Å². The molecule has 0 saturated carbocycles. The van der Waals surface area contributed by atoms with Gasteiger partial charge in [-0.05, 0) is 35.1 Å². The lowest BCUT2D eigenvalue weighted by atomic mass is 9.84. The summed E-state index contributed by atoms with van der Waals surface area (Å²) >= 11 is 0. The average molecular weight is 447 g/mol. The molecule has 4 aliphatic heterocycles. The third kappa shape index (κ3) is 3.20. The summed E-state index contributed by atoms with van der Waals surface area (Å²) < 4.78 is 12.5. The topological polar surface area (TPSA) is 91.7 Å². The summed E-state index contributed by atoms with van der Waals surface area (Å²) in [5.41, 5.74) is 2.67. The van der Waals surface area contributed by atoms with Crippen molar-refractivity contribution in [2.45, 2.75) is 43.6 Å². The van der Waals surface area contributed by atoms with Crippen LogP contribution >= 0.6 is 0 Å². The third-order valence-electron chi connectivity index (χ3n) is 7.40. The van der Waals surface area contributed by atoms with Gasteiger partial charge in [-0.1, -0.05) is 48.5 Å². The zero-order valence-electron chi connectivity index (χ0n) is 18.2. The van der Waals surface area contributed by atoms with Gasteiger partial charge in [-0.3, -0.25) is 9.69 Å². The van der Waals surface area contributed by atoms with Gasteiger partial charge in [-0.2, -0.15) is 4.99 Å². The molecule has 1 atom stereocenters.